The summed E-state index contributed by atoms with van der Waals surface area (Å²) in [7, 11) is 4.82. The summed E-state index contributed by atoms with van der Waals surface area (Å²) < 4.78 is 29.8. The number of likely N-dealkylation sites (tertiary alicyclic amines) is 1. The van der Waals surface area contributed by atoms with Crippen LogP contribution in [0.25, 0.3) is 0 Å². The summed E-state index contributed by atoms with van der Waals surface area (Å²) in [5, 5.41) is 0. The Hall–Kier alpha value is -2.48. The quantitative estimate of drug-likeness (QED) is 0.533. The Morgan fingerprint density at radius 2 is 1.91 bits per heavy atom. The van der Waals surface area contributed by atoms with Crippen LogP contribution >= 0.6 is 0 Å². The number of hydrogen-bond acceptors (Lipinski definition) is 5. The lowest BCUT2D eigenvalue weighted by molar-refractivity contribution is -0.136. The molecule has 1 heterocycles. The zero-order chi connectivity index (χ0) is 22.9. The van der Waals surface area contributed by atoms with Gasteiger partial charge in [-0.15, -0.1) is 0 Å². The SMILES string of the molecule is COCCN(C[C@@H]1CN(Cc2ccccc2OC)C[C@@H]1c1cccc(F)c1)C(=O)COC. The summed E-state index contributed by atoms with van der Waals surface area (Å²) in [5.74, 6) is 0.821. The van der Waals surface area contributed by atoms with Gasteiger partial charge in [0.15, 0.2) is 0 Å². The number of para-hydroxylation sites is 1. The third-order valence-electron chi connectivity index (χ3n) is 6.02. The Morgan fingerprint density at radius 3 is 2.62 bits per heavy atom. The highest BCUT2D eigenvalue weighted by Gasteiger charge is 2.36. The van der Waals surface area contributed by atoms with E-state index >= 15 is 0 Å². The van der Waals surface area contributed by atoms with Gasteiger partial charge in [-0.25, -0.2) is 4.39 Å². The normalized spacial score (nSPS) is 18.6. The number of carbonyl (C=O) groups is 1. The molecule has 2 aromatic carbocycles. The molecule has 0 N–H and O–H groups in total. The minimum Gasteiger partial charge on any atom is -0.496 e. The maximum absolute atomic E-state index is 14.0. The first-order valence-electron chi connectivity index (χ1n) is 10.9. The van der Waals surface area contributed by atoms with E-state index in [-0.39, 0.29) is 30.2 Å². The van der Waals surface area contributed by atoms with Crippen molar-refractivity contribution in [1.29, 1.82) is 0 Å². The molecule has 6 nitrogen and oxygen atoms in total. The van der Waals surface area contributed by atoms with Gasteiger partial charge in [0.25, 0.3) is 0 Å². The average Bonchev–Trinajstić information content (AvgIpc) is 3.19. The molecule has 3 rings (SSSR count). The van der Waals surface area contributed by atoms with Gasteiger partial charge < -0.3 is 19.1 Å². The minimum atomic E-state index is -0.240. The lowest BCUT2D eigenvalue weighted by Gasteiger charge is -2.28. The van der Waals surface area contributed by atoms with E-state index in [0.29, 0.717) is 19.7 Å². The number of rotatable bonds is 11. The van der Waals surface area contributed by atoms with Gasteiger partial charge in [0.05, 0.1) is 13.7 Å². The van der Waals surface area contributed by atoms with Crippen molar-refractivity contribution in [3.63, 3.8) is 0 Å². The van der Waals surface area contributed by atoms with E-state index < -0.39 is 0 Å². The second-order valence-corrected chi connectivity index (χ2v) is 8.19. The molecule has 1 saturated heterocycles. The Labute approximate surface area is 189 Å². The molecular formula is C25H33FN2O4. The second kappa shape index (κ2) is 11.9. The number of carbonyl (C=O) groups excluding carboxylic acids is 1. The molecule has 0 unspecified atom stereocenters. The molecule has 7 heteroatoms. The Bertz CT molecular complexity index is 879. The zero-order valence-electron chi connectivity index (χ0n) is 19.1. The first-order chi connectivity index (χ1) is 15.5. The molecule has 0 bridgehead atoms. The van der Waals surface area contributed by atoms with Gasteiger partial charge in [-0.2, -0.15) is 0 Å². The molecule has 0 spiro atoms. The number of methoxy groups -OCH3 is 3. The molecule has 1 fully saturated rings. The van der Waals surface area contributed by atoms with Gasteiger partial charge >= 0.3 is 0 Å². The summed E-state index contributed by atoms with van der Waals surface area (Å²) in [4.78, 5) is 16.8. The highest BCUT2D eigenvalue weighted by Crippen LogP contribution is 2.35. The van der Waals surface area contributed by atoms with E-state index in [9.17, 15) is 9.18 Å². The van der Waals surface area contributed by atoms with Gasteiger partial charge in [-0.3, -0.25) is 9.69 Å². The molecule has 2 atom stereocenters. The molecule has 1 aliphatic rings. The minimum absolute atomic E-state index is 0.0337. The highest BCUT2D eigenvalue weighted by molar-refractivity contribution is 5.77. The molecule has 2 aromatic rings. The summed E-state index contributed by atoms with van der Waals surface area (Å²) in [6.45, 7) is 3.86. The van der Waals surface area contributed by atoms with Gasteiger partial charge in [-0.05, 0) is 29.7 Å². The lowest BCUT2D eigenvalue weighted by Crippen LogP contribution is -2.41. The van der Waals surface area contributed by atoms with Crippen molar-refractivity contribution in [2.24, 2.45) is 5.92 Å². The fourth-order valence-electron chi connectivity index (χ4n) is 4.48. The number of benzene rings is 2. The van der Waals surface area contributed by atoms with E-state index in [4.69, 9.17) is 14.2 Å². The zero-order valence-corrected chi connectivity index (χ0v) is 19.1. The van der Waals surface area contributed by atoms with Crippen LogP contribution in [0, 0.1) is 11.7 Å². The van der Waals surface area contributed by atoms with E-state index in [1.54, 1.807) is 31.3 Å². The van der Waals surface area contributed by atoms with E-state index in [1.807, 2.05) is 24.3 Å². The maximum atomic E-state index is 14.0. The van der Waals surface area contributed by atoms with Gasteiger partial charge in [0, 0.05) is 58.4 Å². The highest BCUT2D eigenvalue weighted by atomic mass is 19.1. The molecule has 0 aromatic heterocycles. The predicted molar refractivity (Wildman–Crippen MR) is 121 cm³/mol. The molecule has 1 amide bonds. The molecule has 32 heavy (non-hydrogen) atoms. The van der Waals surface area contributed by atoms with Crippen molar-refractivity contribution in [1.82, 2.24) is 9.80 Å². The Balaban J connectivity index is 1.82. The Morgan fingerprint density at radius 1 is 1.09 bits per heavy atom. The van der Waals surface area contributed by atoms with Crippen LogP contribution in [0.3, 0.4) is 0 Å². The van der Waals surface area contributed by atoms with Crippen LogP contribution in [-0.4, -0.2) is 76.4 Å². The summed E-state index contributed by atoms with van der Waals surface area (Å²) in [5.41, 5.74) is 2.07. The number of ether oxygens (including phenoxy) is 3. The fraction of sp³-hybridized carbons (Fsp3) is 0.480. The maximum Gasteiger partial charge on any atom is 0.248 e. The molecule has 0 aliphatic carbocycles. The van der Waals surface area contributed by atoms with Gasteiger partial charge in [0.1, 0.15) is 18.2 Å². The standard InChI is InChI=1S/C25H33FN2O4/c1-30-12-11-28(25(29)18-31-2)16-21-15-27(14-20-7-4-5-10-24(20)32-3)17-23(21)19-8-6-9-22(26)13-19/h4-10,13,21,23H,11-12,14-18H2,1-3H3/t21-,23+/m0/s1. The smallest absolute Gasteiger partial charge is 0.248 e. The summed E-state index contributed by atoms with van der Waals surface area (Å²) in [6.07, 6.45) is 0. The molecule has 1 aliphatic heterocycles. The number of nitrogens with zero attached hydrogens (tertiary/aromatic N) is 2. The van der Waals surface area contributed by atoms with Crippen LogP contribution in [0.2, 0.25) is 0 Å². The molecule has 174 valence electrons. The van der Waals surface area contributed by atoms with Crippen LogP contribution in [0.15, 0.2) is 48.5 Å². The van der Waals surface area contributed by atoms with Crippen LogP contribution in [-0.2, 0) is 20.8 Å². The molecule has 0 radical (unpaired) electrons. The van der Waals surface area contributed by atoms with Gasteiger partial charge in [-0.1, -0.05) is 30.3 Å². The van der Waals surface area contributed by atoms with E-state index in [1.165, 1.54) is 13.2 Å². The number of amides is 1. The third kappa shape index (κ3) is 6.28. The van der Waals surface area contributed by atoms with Crippen LogP contribution < -0.4 is 4.74 Å². The lowest BCUT2D eigenvalue weighted by atomic mass is 9.88. The number of hydrogen-bond donors (Lipinski definition) is 0. The Kier molecular flexibility index (Phi) is 9.02. The number of halogens is 1. The average molecular weight is 445 g/mol. The van der Waals surface area contributed by atoms with Crippen molar-refractivity contribution in [2.45, 2.75) is 12.5 Å². The van der Waals surface area contributed by atoms with E-state index in [2.05, 4.69) is 11.0 Å². The summed E-state index contributed by atoms with van der Waals surface area (Å²) in [6, 6.07) is 14.8. The first kappa shape index (κ1) is 24.2. The van der Waals surface area contributed by atoms with Gasteiger partial charge in [0.2, 0.25) is 5.91 Å². The van der Waals surface area contributed by atoms with Crippen LogP contribution in [0.5, 0.6) is 5.75 Å². The molecule has 0 saturated carbocycles. The summed E-state index contributed by atoms with van der Waals surface area (Å²) >= 11 is 0. The van der Waals surface area contributed by atoms with Crippen LogP contribution in [0.4, 0.5) is 4.39 Å². The molecular weight excluding hydrogens is 411 g/mol. The third-order valence-corrected chi connectivity index (χ3v) is 6.02. The predicted octanol–water partition coefficient (Wildman–Crippen LogP) is 3.17. The van der Waals surface area contributed by atoms with Crippen molar-refractivity contribution >= 4 is 5.91 Å². The second-order valence-electron chi connectivity index (χ2n) is 8.19. The van der Waals surface area contributed by atoms with Crippen LogP contribution in [0.1, 0.15) is 17.0 Å². The monoisotopic (exact) mass is 444 g/mol. The van der Waals surface area contributed by atoms with Crippen molar-refractivity contribution in [2.75, 3.05) is 60.7 Å². The van der Waals surface area contributed by atoms with Crippen molar-refractivity contribution in [3.05, 3.63) is 65.5 Å². The van der Waals surface area contributed by atoms with E-state index in [0.717, 1.165) is 36.5 Å². The topological polar surface area (TPSA) is 51.2 Å². The van der Waals surface area contributed by atoms with Crippen molar-refractivity contribution < 1.29 is 23.4 Å². The van der Waals surface area contributed by atoms with Crippen molar-refractivity contribution in [3.8, 4) is 5.75 Å². The first-order valence-corrected chi connectivity index (χ1v) is 10.9. The fourth-order valence-corrected chi connectivity index (χ4v) is 4.48. The largest absolute Gasteiger partial charge is 0.496 e.